The molecule has 0 saturated carbocycles. The van der Waals surface area contributed by atoms with Gasteiger partial charge in [-0.3, -0.25) is 0 Å². The first-order valence-corrected chi connectivity index (χ1v) is 6.75. The van der Waals surface area contributed by atoms with Crippen molar-refractivity contribution < 1.29 is 9.90 Å². The number of aromatic nitrogens is 2. The first-order valence-electron chi connectivity index (χ1n) is 5.87. The Hall–Kier alpha value is -1.49. The Morgan fingerprint density at radius 2 is 2.00 bits per heavy atom. The van der Waals surface area contributed by atoms with Gasteiger partial charge in [0.1, 0.15) is 6.04 Å². The summed E-state index contributed by atoms with van der Waals surface area (Å²) in [5.74, 6) is -0.844. The molecule has 1 N–H and O–H groups in total. The Kier molecular flexibility index (Phi) is 3.61. The minimum atomic E-state index is -0.844. The monoisotopic (exact) mass is 264 g/mol. The predicted molar refractivity (Wildman–Crippen MR) is 73.1 cm³/mol. The summed E-state index contributed by atoms with van der Waals surface area (Å²) >= 11 is 1.59. The van der Waals surface area contributed by atoms with E-state index in [0.29, 0.717) is 5.25 Å². The van der Waals surface area contributed by atoms with Crippen LogP contribution < -0.4 is 0 Å². The van der Waals surface area contributed by atoms with Crippen LogP contribution in [0.5, 0.6) is 0 Å². The number of para-hydroxylation sites is 2. The van der Waals surface area contributed by atoms with Gasteiger partial charge in [-0.15, -0.1) is 0 Å². The fourth-order valence-electron chi connectivity index (χ4n) is 1.80. The van der Waals surface area contributed by atoms with E-state index in [4.69, 9.17) is 0 Å². The molecular weight excluding hydrogens is 248 g/mol. The van der Waals surface area contributed by atoms with E-state index in [1.165, 1.54) is 0 Å². The number of benzene rings is 1. The number of carboxylic acid groups (broad SMARTS) is 1. The normalized spacial score (nSPS) is 13.1. The molecule has 1 heterocycles. The standard InChI is InChI=1S/C13H16N2O2S/c1-8(2)18-13-14-10-6-4-5-7-11(10)15(13)9(3)12(16)17/h4-9H,1-3H3,(H,16,17). The van der Waals surface area contributed by atoms with Crippen molar-refractivity contribution in [3.8, 4) is 0 Å². The summed E-state index contributed by atoms with van der Waals surface area (Å²) in [6.45, 7) is 5.82. The van der Waals surface area contributed by atoms with Crippen LogP contribution in [0.4, 0.5) is 0 Å². The van der Waals surface area contributed by atoms with E-state index >= 15 is 0 Å². The average Bonchev–Trinajstić information content (AvgIpc) is 2.64. The van der Waals surface area contributed by atoms with Crippen LogP contribution in [0.2, 0.25) is 0 Å². The lowest BCUT2D eigenvalue weighted by atomic mass is 10.3. The molecule has 0 aliphatic heterocycles. The molecular formula is C13H16N2O2S. The summed E-state index contributed by atoms with van der Waals surface area (Å²) in [7, 11) is 0. The van der Waals surface area contributed by atoms with E-state index in [1.807, 2.05) is 24.3 Å². The second-order valence-electron chi connectivity index (χ2n) is 4.43. The summed E-state index contributed by atoms with van der Waals surface area (Å²) in [6.07, 6.45) is 0. The first kappa shape index (κ1) is 13.0. The Balaban J connectivity index is 2.61. The zero-order valence-electron chi connectivity index (χ0n) is 10.6. The fraction of sp³-hybridized carbons (Fsp3) is 0.385. The van der Waals surface area contributed by atoms with E-state index in [9.17, 15) is 9.90 Å². The summed E-state index contributed by atoms with van der Waals surface area (Å²) in [5.41, 5.74) is 1.71. The highest BCUT2D eigenvalue weighted by Gasteiger charge is 2.21. The maximum Gasteiger partial charge on any atom is 0.326 e. The van der Waals surface area contributed by atoms with E-state index < -0.39 is 12.0 Å². The van der Waals surface area contributed by atoms with Crippen LogP contribution >= 0.6 is 11.8 Å². The molecule has 1 atom stereocenters. The van der Waals surface area contributed by atoms with Gasteiger partial charge in [0.15, 0.2) is 5.16 Å². The number of nitrogens with zero attached hydrogens (tertiary/aromatic N) is 2. The van der Waals surface area contributed by atoms with Crippen LogP contribution in [0, 0.1) is 0 Å². The third-order valence-corrected chi connectivity index (χ3v) is 3.62. The smallest absolute Gasteiger partial charge is 0.326 e. The maximum atomic E-state index is 11.2. The number of hydrogen-bond acceptors (Lipinski definition) is 3. The maximum absolute atomic E-state index is 11.2. The molecule has 1 unspecified atom stereocenters. The van der Waals surface area contributed by atoms with Gasteiger partial charge in [-0.2, -0.15) is 0 Å². The molecule has 1 aromatic carbocycles. The van der Waals surface area contributed by atoms with Crippen LogP contribution in [0.25, 0.3) is 11.0 Å². The highest BCUT2D eigenvalue weighted by atomic mass is 32.2. The zero-order valence-corrected chi connectivity index (χ0v) is 11.4. The summed E-state index contributed by atoms with van der Waals surface area (Å²) in [6, 6.07) is 7.02. The molecule has 0 spiro atoms. The number of hydrogen-bond donors (Lipinski definition) is 1. The molecule has 0 amide bonds. The van der Waals surface area contributed by atoms with Crippen molar-refractivity contribution in [3.05, 3.63) is 24.3 Å². The second kappa shape index (κ2) is 5.02. The van der Waals surface area contributed by atoms with E-state index in [2.05, 4.69) is 18.8 Å². The van der Waals surface area contributed by atoms with Crippen molar-refractivity contribution >= 4 is 28.8 Å². The molecule has 0 radical (unpaired) electrons. The van der Waals surface area contributed by atoms with Crippen LogP contribution in [-0.4, -0.2) is 25.9 Å². The summed E-state index contributed by atoms with van der Waals surface area (Å²) in [4.78, 5) is 15.7. The van der Waals surface area contributed by atoms with Crippen molar-refractivity contribution in [1.29, 1.82) is 0 Å². The lowest BCUT2D eigenvalue weighted by Gasteiger charge is -2.14. The number of carbonyl (C=O) groups is 1. The van der Waals surface area contributed by atoms with E-state index in [1.54, 1.807) is 23.3 Å². The van der Waals surface area contributed by atoms with Gasteiger partial charge in [-0.05, 0) is 19.1 Å². The Labute approximate surface area is 110 Å². The van der Waals surface area contributed by atoms with Crippen molar-refractivity contribution in [2.24, 2.45) is 0 Å². The summed E-state index contributed by atoms with van der Waals surface area (Å²) in [5, 5.41) is 10.3. The van der Waals surface area contributed by atoms with Crippen LogP contribution in [-0.2, 0) is 4.79 Å². The minimum Gasteiger partial charge on any atom is -0.480 e. The fourth-order valence-corrected chi connectivity index (χ4v) is 2.74. The number of aliphatic carboxylic acids is 1. The molecule has 0 aliphatic rings. The van der Waals surface area contributed by atoms with Crippen molar-refractivity contribution in [2.45, 2.75) is 37.2 Å². The van der Waals surface area contributed by atoms with Crippen LogP contribution in [0.3, 0.4) is 0 Å². The predicted octanol–water partition coefficient (Wildman–Crippen LogP) is 3.18. The minimum absolute atomic E-state index is 0.363. The van der Waals surface area contributed by atoms with E-state index in [-0.39, 0.29) is 0 Å². The molecule has 0 aliphatic carbocycles. The second-order valence-corrected chi connectivity index (χ2v) is 5.98. The number of thioether (sulfide) groups is 1. The first-order chi connectivity index (χ1) is 8.50. The quantitative estimate of drug-likeness (QED) is 0.862. The zero-order chi connectivity index (χ0) is 13.3. The number of imidazole rings is 1. The van der Waals surface area contributed by atoms with Crippen LogP contribution in [0.15, 0.2) is 29.4 Å². The summed E-state index contributed by atoms with van der Waals surface area (Å²) < 4.78 is 1.79. The molecule has 2 rings (SSSR count). The van der Waals surface area contributed by atoms with Gasteiger partial charge in [0.2, 0.25) is 0 Å². The van der Waals surface area contributed by atoms with Gasteiger partial charge in [0.25, 0.3) is 0 Å². The van der Waals surface area contributed by atoms with Crippen LogP contribution in [0.1, 0.15) is 26.8 Å². The lowest BCUT2D eigenvalue weighted by Crippen LogP contribution is -2.16. The molecule has 96 valence electrons. The Morgan fingerprint density at radius 1 is 1.33 bits per heavy atom. The van der Waals surface area contributed by atoms with Gasteiger partial charge in [0.05, 0.1) is 11.0 Å². The van der Waals surface area contributed by atoms with E-state index in [0.717, 1.165) is 16.2 Å². The van der Waals surface area contributed by atoms with Gasteiger partial charge in [-0.25, -0.2) is 9.78 Å². The lowest BCUT2D eigenvalue weighted by molar-refractivity contribution is -0.140. The topological polar surface area (TPSA) is 55.1 Å². The molecule has 2 aromatic rings. The number of fused-ring (bicyclic) bond motifs is 1. The Bertz CT molecular complexity index is 577. The largest absolute Gasteiger partial charge is 0.480 e. The van der Waals surface area contributed by atoms with Gasteiger partial charge < -0.3 is 9.67 Å². The number of rotatable bonds is 4. The number of carboxylic acids is 1. The van der Waals surface area contributed by atoms with Crippen molar-refractivity contribution in [1.82, 2.24) is 9.55 Å². The van der Waals surface area contributed by atoms with Gasteiger partial charge in [0, 0.05) is 5.25 Å². The van der Waals surface area contributed by atoms with Crippen molar-refractivity contribution in [2.75, 3.05) is 0 Å². The Morgan fingerprint density at radius 3 is 2.61 bits per heavy atom. The van der Waals surface area contributed by atoms with Gasteiger partial charge in [-0.1, -0.05) is 37.7 Å². The average molecular weight is 264 g/mol. The molecule has 0 bridgehead atoms. The molecule has 5 heteroatoms. The molecule has 4 nitrogen and oxygen atoms in total. The van der Waals surface area contributed by atoms with Gasteiger partial charge >= 0.3 is 5.97 Å². The third-order valence-electron chi connectivity index (χ3n) is 2.65. The van der Waals surface area contributed by atoms with Crippen molar-refractivity contribution in [3.63, 3.8) is 0 Å². The SMILES string of the molecule is CC(C)Sc1nc2ccccc2n1C(C)C(=O)O. The molecule has 18 heavy (non-hydrogen) atoms. The molecule has 1 aromatic heterocycles. The highest BCUT2D eigenvalue weighted by Crippen LogP contribution is 2.30. The molecule has 0 fully saturated rings. The third kappa shape index (κ3) is 2.36. The highest BCUT2D eigenvalue weighted by molar-refractivity contribution is 7.99. The molecule has 0 saturated heterocycles.